The summed E-state index contributed by atoms with van der Waals surface area (Å²) in [6, 6.07) is 0. The number of hydrogen-bond acceptors (Lipinski definition) is 0. The highest BCUT2D eigenvalue weighted by Crippen LogP contribution is 2.29. The minimum absolute atomic E-state index is 1.11. The Morgan fingerprint density at radius 3 is 0.824 bits per heavy atom. The molecule has 0 N–H and O–H groups in total. The van der Waals surface area contributed by atoms with Crippen LogP contribution in [-0.2, 0) is 0 Å². The maximum Gasteiger partial charge on any atom is -0.0414 e. The van der Waals surface area contributed by atoms with Crippen molar-refractivity contribution in [2.24, 2.45) is 5.92 Å². The summed E-state index contributed by atoms with van der Waals surface area (Å²) in [4.78, 5) is 0. The molecule has 0 heterocycles. The summed E-state index contributed by atoms with van der Waals surface area (Å²) in [6.07, 6.45) is 47.9. The Balaban J connectivity index is 1.60. The van der Waals surface area contributed by atoms with E-state index in [2.05, 4.69) is 6.92 Å². The van der Waals surface area contributed by atoms with Gasteiger partial charge in [0.2, 0.25) is 0 Å². The first-order valence-electron chi connectivity index (χ1n) is 16.9. The Morgan fingerprint density at radius 2 is 0.559 bits per heavy atom. The van der Waals surface area contributed by atoms with Gasteiger partial charge in [0.25, 0.3) is 0 Å². The van der Waals surface area contributed by atoms with Gasteiger partial charge in [0.1, 0.15) is 0 Å². The second-order valence-electron chi connectivity index (χ2n) is 12.1. The molecule has 0 unspecified atom stereocenters. The molecule has 0 aromatic rings. The molecule has 0 atom stereocenters. The van der Waals surface area contributed by atoms with Gasteiger partial charge in [-0.2, -0.15) is 0 Å². The van der Waals surface area contributed by atoms with Crippen LogP contribution in [0.15, 0.2) is 0 Å². The molecular formula is C34H68. The molecule has 0 saturated heterocycles. The third-order valence-electron chi connectivity index (χ3n) is 8.69. The highest BCUT2D eigenvalue weighted by atomic mass is 14.2. The molecule has 1 aliphatic carbocycles. The van der Waals surface area contributed by atoms with Gasteiger partial charge in [0.15, 0.2) is 0 Å². The average molecular weight is 477 g/mol. The van der Waals surface area contributed by atoms with E-state index in [1.54, 1.807) is 19.3 Å². The van der Waals surface area contributed by atoms with E-state index in [4.69, 9.17) is 0 Å². The zero-order valence-electron chi connectivity index (χ0n) is 24.2. The van der Waals surface area contributed by atoms with E-state index in [1.807, 2.05) is 0 Å². The van der Waals surface area contributed by atoms with E-state index in [1.165, 1.54) is 186 Å². The third kappa shape index (κ3) is 23.7. The minimum Gasteiger partial charge on any atom is -0.0654 e. The second kappa shape index (κ2) is 27.6. The van der Waals surface area contributed by atoms with Crippen LogP contribution in [0.3, 0.4) is 0 Å². The Kier molecular flexibility index (Phi) is 26.0. The van der Waals surface area contributed by atoms with Crippen molar-refractivity contribution in [2.45, 2.75) is 212 Å². The van der Waals surface area contributed by atoms with Crippen molar-refractivity contribution in [3.05, 3.63) is 0 Å². The fraction of sp³-hybridized carbons (Fsp3) is 1.00. The standard InChI is InChI=1S/C34H68/c1-2-3-4-5-6-7-8-9-10-11-12-13-14-15-16-17-18-19-20-21-22-23-24-25-26-27-28-31-34-32-29-30-33-34/h34H,2-33H2,1H3. The molecule has 34 heavy (non-hydrogen) atoms. The van der Waals surface area contributed by atoms with Gasteiger partial charge < -0.3 is 0 Å². The lowest BCUT2D eigenvalue weighted by molar-refractivity contribution is 0.459. The Labute approximate surface area is 218 Å². The normalized spacial score (nSPS) is 14.4. The SMILES string of the molecule is CCCCCCCCCCCCCCCCCCCCCCCCCCCCCC1CCCC1. The molecule has 0 amide bonds. The molecule has 0 aromatic heterocycles. The van der Waals surface area contributed by atoms with E-state index in [-0.39, 0.29) is 0 Å². The summed E-state index contributed by atoms with van der Waals surface area (Å²) < 4.78 is 0. The summed E-state index contributed by atoms with van der Waals surface area (Å²) in [6.45, 7) is 2.31. The van der Waals surface area contributed by atoms with Gasteiger partial charge in [-0.15, -0.1) is 0 Å². The fourth-order valence-electron chi connectivity index (χ4n) is 6.22. The Morgan fingerprint density at radius 1 is 0.324 bits per heavy atom. The molecule has 1 aliphatic rings. The lowest BCUT2D eigenvalue weighted by Crippen LogP contribution is -1.92. The molecule has 1 rings (SSSR count). The van der Waals surface area contributed by atoms with Crippen LogP contribution >= 0.6 is 0 Å². The van der Waals surface area contributed by atoms with Crippen LogP contribution in [0.25, 0.3) is 0 Å². The molecular weight excluding hydrogens is 408 g/mol. The van der Waals surface area contributed by atoms with Crippen LogP contribution in [-0.4, -0.2) is 0 Å². The van der Waals surface area contributed by atoms with Crippen LogP contribution in [0.4, 0.5) is 0 Å². The monoisotopic (exact) mass is 477 g/mol. The first-order valence-corrected chi connectivity index (χ1v) is 16.9. The highest BCUT2D eigenvalue weighted by Gasteiger charge is 2.13. The smallest absolute Gasteiger partial charge is 0.0414 e. The molecule has 0 bridgehead atoms. The number of rotatable bonds is 28. The molecule has 0 radical (unpaired) electrons. The van der Waals surface area contributed by atoms with Crippen molar-refractivity contribution in [3.63, 3.8) is 0 Å². The highest BCUT2D eigenvalue weighted by molar-refractivity contribution is 4.67. The van der Waals surface area contributed by atoms with Gasteiger partial charge in [-0.05, 0) is 5.92 Å². The lowest BCUT2D eigenvalue weighted by Gasteiger charge is -2.08. The van der Waals surface area contributed by atoms with Crippen LogP contribution in [0.1, 0.15) is 212 Å². The summed E-state index contributed by atoms with van der Waals surface area (Å²) >= 11 is 0. The van der Waals surface area contributed by atoms with Crippen molar-refractivity contribution in [3.8, 4) is 0 Å². The quantitative estimate of drug-likeness (QED) is 0.0984. The van der Waals surface area contributed by atoms with Crippen LogP contribution in [0, 0.1) is 5.92 Å². The average Bonchev–Trinajstić information content (AvgIpc) is 3.37. The zero-order valence-corrected chi connectivity index (χ0v) is 24.2. The van der Waals surface area contributed by atoms with Gasteiger partial charge >= 0.3 is 0 Å². The molecule has 1 fully saturated rings. The number of unbranched alkanes of at least 4 members (excludes halogenated alkanes) is 26. The molecule has 0 heteroatoms. The van der Waals surface area contributed by atoms with E-state index >= 15 is 0 Å². The first-order chi connectivity index (χ1) is 16.9. The van der Waals surface area contributed by atoms with Gasteiger partial charge in [0.05, 0.1) is 0 Å². The summed E-state index contributed by atoms with van der Waals surface area (Å²) in [5.74, 6) is 1.11. The maximum absolute atomic E-state index is 2.31. The van der Waals surface area contributed by atoms with Gasteiger partial charge in [0, 0.05) is 0 Å². The van der Waals surface area contributed by atoms with Crippen molar-refractivity contribution in [1.29, 1.82) is 0 Å². The van der Waals surface area contributed by atoms with Crippen LogP contribution < -0.4 is 0 Å². The molecule has 204 valence electrons. The van der Waals surface area contributed by atoms with Crippen LogP contribution in [0.5, 0.6) is 0 Å². The molecule has 0 aliphatic heterocycles. The molecule has 0 aromatic carbocycles. The Bertz CT molecular complexity index is 353. The summed E-state index contributed by atoms with van der Waals surface area (Å²) in [7, 11) is 0. The van der Waals surface area contributed by atoms with E-state index in [0.717, 1.165) is 5.92 Å². The van der Waals surface area contributed by atoms with Gasteiger partial charge in [-0.3, -0.25) is 0 Å². The topological polar surface area (TPSA) is 0 Å². The minimum atomic E-state index is 1.11. The summed E-state index contributed by atoms with van der Waals surface area (Å²) in [5.41, 5.74) is 0. The van der Waals surface area contributed by atoms with Gasteiger partial charge in [-0.25, -0.2) is 0 Å². The van der Waals surface area contributed by atoms with E-state index < -0.39 is 0 Å². The van der Waals surface area contributed by atoms with Crippen molar-refractivity contribution in [1.82, 2.24) is 0 Å². The van der Waals surface area contributed by atoms with Crippen LogP contribution in [0.2, 0.25) is 0 Å². The molecule has 0 nitrogen and oxygen atoms in total. The van der Waals surface area contributed by atoms with Crippen molar-refractivity contribution in [2.75, 3.05) is 0 Å². The largest absolute Gasteiger partial charge is 0.0654 e. The first kappa shape index (κ1) is 32.0. The fourth-order valence-corrected chi connectivity index (χ4v) is 6.22. The predicted molar refractivity (Wildman–Crippen MR) is 157 cm³/mol. The second-order valence-corrected chi connectivity index (χ2v) is 12.1. The predicted octanol–water partition coefficient (Wildman–Crippen LogP) is 13.1. The molecule has 1 saturated carbocycles. The molecule has 0 spiro atoms. The lowest BCUT2D eigenvalue weighted by atomic mass is 9.98. The van der Waals surface area contributed by atoms with E-state index in [9.17, 15) is 0 Å². The zero-order chi connectivity index (χ0) is 24.2. The Hall–Kier alpha value is 0. The summed E-state index contributed by atoms with van der Waals surface area (Å²) in [5, 5.41) is 0. The van der Waals surface area contributed by atoms with E-state index in [0.29, 0.717) is 0 Å². The van der Waals surface area contributed by atoms with Gasteiger partial charge in [-0.1, -0.05) is 212 Å². The number of hydrogen-bond donors (Lipinski definition) is 0. The maximum atomic E-state index is 2.31. The van der Waals surface area contributed by atoms with Crippen molar-refractivity contribution >= 4 is 0 Å². The van der Waals surface area contributed by atoms with Crippen molar-refractivity contribution < 1.29 is 0 Å². The third-order valence-corrected chi connectivity index (χ3v) is 8.69.